The molecule has 88 valence electrons. The molecule has 0 radical (unpaired) electrons. The summed E-state index contributed by atoms with van der Waals surface area (Å²) in [6.07, 6.45) is 0.889. The fourth-order valence-corrected chi connectivity index (χ4v) is 1.67. The maximum Gasteiger partial charge on any atom is 0.129 e. The van der Waals surface area contributed by atoms with Crippen LogP contribution in [0.1, 0.15) is 12.5 Å². The summed E-state index contributed by atoms with van der Waals surface area (Å²) in [6.45, 7) is 2.07. The van der Waals surface area contributed by atoms with Crippen LogP contribution in [0.2, 0.25) is 0 Å². The van der Waals surface area contributed by atoms with Crippen LogP contribution in [0.3, 0.4) is 0 Å². The Labute approximate surface area is 101 Å². The standard InChI is InChI=1S/C14H16N2O/c1-2-10-8-13(6-7-14(10)16)17-12-5-3-4-11(15)9-12/h3-9H,2,15-16H2,1H3. The van der Waals surface area contributed by atoms with Gasteiger partial charge in [-0.3, -0.25) is 0 Å². The molecule has 0 aromatic heterocycles. The molecule has 0 saturated heterocycles. The highest BCUT2D eigenvalue weighted by Gasteiger charge is 2.01. The molecule has 0 amide bonds. The van der Waals surface area contributed by atoms with Gasteiger partial charge in [0.15, 0.2) is 0 Å². The molecule has 0 spiro atoms. The van der Waals surface area contributed by atoms with Crippen LogP contribution in [0.4, 0.5) is 11.4 Å². The van der Waals surface area contributed by atoms with Crippen molar-refractivity contribution in [3.05, 3.63) is 48.0 Å². The Bertz CT molecular complexity index is 523. The largest absolute Gasteiger partial charge is 0.457 e. The number of rotatable bonds is 3. The van der Waals surface area contributed by atoms with Crippen LogP contribution >= 0.6 is 0 Å². The van der Waals surface area contributed by atoms with Gasteiger partial charge in [0.2, 0.25) is 0 Å². The molecule has 0 aliphatic heterocycles. The van der Waals surface area contributed by atoms with Gasteiger partial charge in [0.1, 0.15) is 11.5 Å². The van der Waals surface area contributed by atoms with Crippen molar-refractivity contribution in [1.29, 1.82) is 0 Å². The summed E-state index contributed by atoms with van der Waals surface area (Å²) in [5.41, 5.74) is 14.1. The lowest BCUT2D eigenvalue weighted by Gasteiger charge is -2.09. The summed E-state index contributed by atoms with van der Waals surface area (Å²) in [4.78, 5) is 0. The molecule has 2 rings (SSSR count). The molecule has 0 atom stereocenters. The van der Waals surface area contributed by atoms with Crippen molar-refractivity contribution in [2.24, 2.45) is 0 Å². The molecule has 0 bridgehead atoms. The Morgan fingerprint density at radius 1 is 1.00 bits per heavy atom. The van der Waals surface area contributed by atoms with E-state index in [1.165, 1.54) is 0 Å². The van der Waals surface area contributed by atoms with Gasteiger partial charge in [-0.15, -0.1) is 0 Å². The van der Waals surface area contributed by atoms with E-state index in [4.69, 9.17) is 16.2 Å². The molecule has 0 fully saturated rings. The van der Waals surface area contributed by atoms with Crippen molar-refractivity contribution in [2.45, 2.75) is 13.3 Å². The van der Waals surface area contributed by atoms with E-state index in [-0.39, 0.29) is 0 Å². The van der Waals surface area contributed by atoms with Crippen LogP contribution in [-0.4, -0.2) is 0 Å². The van der Waals surface area contributed by atoms with Gasteiger partial charge in [0, 0.05) is 17.4 Å². The third-order valence-corrected chi connectivity index (χ3v) is 2.59. The van der Waals surface area contributed by atoms with Crippen LogP contribution in [0, 0.1) is 0 Å². The Hall–Kier alpha value is -2.16. The second kappa shape index (κ2) is 4.78. The predicted octanol–water partition coefficient (Wildman–Crippen LogP) is 3.21. The highest BCUT2D eigenvalue weighted by molar-refractivity contribution is 5.52. The van der Waals surface area contributed by atoms with Gasteiger partial charge in [-0.2, -0.15) is 0 Å². The van der Waals surface area contributed by atoms with Gasteiger partial charge in [-0.1, -0.05) is 13.0 Å². The molecule has 3 heteroatoms. The molecule has 3 nitrogen and oxygen atoms in total. The van der Waals surface area contributed by atoms with E-state index in [9.17, 15) is 0 Å². The van der Waals surface area contributed by atoms with E-state index in [1.54, 1.807) is 6.07 Å². The summed E-state index contributed by atoms with van der Waals surface area (Å²) in [7, 11) is 0. The number of ether oxygens (including phenoxy) is 1. The average molecular weight is 228 g/mol. The first-order valence-electron chi connectivity index (χ1n) is 5.61. The van der Waals surface area contributed by atoms with Gasteiger partial charge < -0.3 is 16.2 Å². The normalized spacial score (nSPS) is 10.2. The maximum atomic E-state index is 5.84. The summed E-state index contributed by atoms with van der Waals surface area (Å²) in [6, 6.07) is 13.0. The molecule has 17 heavy (non-hydrogen) atoms. The molecule has 2 aromatic rings. The zero-order valence-corrected chi connectivity index (χ0v) is 9.81. The van der Waals surface area contributed by atoms with Crippen molar-refractivity contribution in [3.8, 4) is 11.5 Å². The monoisotopic (exact) mass is 228 g/mol. The summed E-state index contributed by atoms with van der Waals surface area (Å²) in [5.74, 6) is 1.51. The minimum Gasteiger partial charge on any atom is -0.457 e. The van der Waals surface area contributed by atoms with E-state index in [1.807, 2.05) is 36.4 Å². The highest BCUT2D eigenvalue weighted by atomic mass is 16.5. The van der Waals surface area contributed by atoms with Gasteiger partial charge in [-0.05, 0) is 42.3 Å². The van der Waals surface area contributed by atoms with Gasteiger partial charge in [-0.25, -0.2) is 0 Å². The molecule has 0 saturated carbocycles. The van der Waals surface area contributed by atoms with Crippen LogP contribution < -0.4 is 16.2 Å². The fraction of sp³-hybridized carbons (Fsp3) is 0.143. The third-order valence-electron chi connectivity index (χ3n) is 2.59. The summed E-state index contributed by atoms with van der Waals surface area (Å²) in [5, 5.41) is 0. The highest BCUT2D eigenvalue weighted by Crippen LogP contribution is 2.26. The lowest BCUT2D eigenvalue weighted by atomic mass is 10.1. The quantitative estimate of drug-likeness (QED) is 0.793. The average Bonchev–Trinajstić information content (AvgIpc) is 2.32. The minimum absolute atomic E-state index is 0.689. The second-order valence-electron chi connectivity index (χ2n) is 3.89. The van der Waals surface area contributed by atoms with Crippen LogP contribution in [0.15, 0.2) is 42.5 Å². The van der Waals surface area contributed by atoms with Gasteiger partial charge >= 0.3 is 0 Å². The fourth-order valence-electron chi connectivity index (χ4n) is 1.67. The first kappa shape index (κ1) is 11.3. The SMILES string of the molecule is CCc1cc(Oc2cccc(N)c2)ccc1N. The first-order chi connectivity index (χ1) is 8.19. The number of aryl methyl sites for hydroxylation is 1. The minimum atomic E-state index is 0.689. The number of hydrogen-bond acceptors (Lipinski definition) is 3. The van der Waals surface area contributed by atoms with Crippen LogP contribution in [0.5, 0.6) is 11.5 Å². The number of benzene rings is 2. The van der Waals surface area contributed by atoms with Gasteiger partial charge in [0.25, 0.3) is 0 Å². The van der Waals surface area contributed by atoms with Gasteiger partial charge in [0.05, 0.1) is 0 Å². The smallest absolute Gasteiger partial charge is 0.129 e. The van der Waals surface area contributed by atoms with Crippen LogP contribution in [0.25, 0.3) is 0 Å². The topological polar surface area (TPSA) is 61.3 Å². The Morgan fingerprint density at radius 2 is 1.76 bits per heavy atom. The van der Waals surface area contributed by atoms with E-state index in [0.717, 1.165) is 29.2 Å². The zero-order chi connectivity index (χ0) is 12.3. The Balaban J connectivity index is 2.24. The first-order valence-corrected chi connectivity index (χ1v) is 5.61. The lowest BCUT2D eigenvalue weighted by Crippen LogP contribution is -1.94. The molecule has 2 aromatic carbocycles. The molecular weight excluding hydrogens is 212 g/mol. The number of hydrogen-bond donors (Lipinski definition) is 2. The van der Waals surface area contributed by atoms with Crippen molar-refractivity contribution in [3.63, 3.8) is 0 Å². The lowest BCUT2D eigenvalue weighted by molar-refractivity contribution is 0.482. The van der Waals surface area contributed by atoms with Crippen molar-refractivity contribution in [2.75, 3.05) is 11.5 Å². The Kier molecular flexibility index (Phi) is 3.19. The van der Waals surface area contributed by atoms with E-state index < -0.39 is 0 Å². The summed E-state index contributed by atoms with van der Waals surface area (Å²) >= 11 is 0. The second-order valence-corrected chi connectivity index (χ2v) is 3.89. The zero-order valence-electron chi connectivity index (χ0n) is 9.81. The maximum absolute atomic E-state index is 5.84. The molecular formula is C14H16N2O. The molecule has 0 aliphatic carbocycles. The molecule has 0 heterocycles. The predicted molar refractivity (Wildman–Crippen MR) is 71.2 cm³/mol. The van der Waals surface area contributed by atoms with E-state index in [0.29, 0.717) is 5.69 Å². The van der Waals surface area contributed by atoms with E-state index in [2.05, 4.69) is 6.92 Å². The number of nitrogen functional groups attached to an aromatic ring is 2. The van der Waals surface area contributed by atoms with E-state index >= 15 is 0 Å². The van der Waals surface area contributed by atoms with Crippen molar-refractivity contribution < 1.29 is 4.74 Å². The molecule has 0 aliphatic rings. The van der Waals surface area contributed by atoms with Crippen molar-refractivity contribution >= 4 is 11.4 Å². The molecule has 0 unspecified atom stereocenters. The third kappa shape index (κ3) is 2.69. The van der Waals surface area contributed by atoms with Crippen LogP contribution in [-0.2, 0) is 6.42 Å². The Morgan fingerprint density at radius 3 is 2.47 bits per heavy atom. The summed E-state index contributed by atoms with van der Waals surface area (Å²) < 4.78 is 5.72. The number of nitrogens with two attached hydrogens (primary N) is 2. The molecule has 4 N–H and O–H groups in total. The number of anilines is 2. The van der Waals surface area contributed by atoms with Crippen molar-refractivity contribution in [1.82, 2.24) is 0 Å².